The van der Waals surface area contributed by atoms with Crippen LogP contribution in [0.25, 0.3) is 0 Å². The van der Waals surface area contributed by atoms with E-state index < -0.39 is 0 Å². The number of hydrogen-bond donors (Lipinski definition) is 1. The molecule has 0 radical (unpaired) electrons. The molecule has 2 N–H and O–H groups in total. The minimum absolute atomic E-state index is 0. The Morgan fingerprint density at radius 1 is 1.42 bits per heavy atom. The molecule has 3 heteroatoms. The van der Waals surface area contributed by atoms with Gasteiger partial charge in [-0.15, -0.1) is 23.7 Å². The highest BCUT2D eigenvalue weighted by molar-refractivity contribution is 7.10. The zero-order valence-corrected chi connectivity index (χ0v) is 8.53. The SMILES string of the molecule is Cl.NC1CCCC1c1cccs1. The summed E-state index contributed by atoms with van der Waals surface area (Å²) < 4.78 is 0. The minimum atomic E-state index is 0. The largest absolute Gasteiger partial charge is 0.327 e. The average molecular weight is 204 g/mol. The molecule has 1 aromatic rings. The van der Waals surface area contributed by atoms with E-state index in [0.29, 0.717) is 12.0 Å². The Morgan fingerprint density at radius 2 is 2.25 bits per heavy atom. The molecular weight excluding hydrogens is 190 g/mol. The fourth-order valence-corrected chi connectivity index (χ4v) is 2.78. The maximum Gasteiger partial charge on any atom is 0.0116 e. The Bertz CT molecular complexity index is 222. The lowest BCUT2D eigenvalue weighted by Crippen LogP contribution is -2.21. The lowest BCUT2D eigenvalue weighted by Gasteiger charge is -2.12. The van der Waals surface area contributed by atoms with E-state index in [4.69, 9.17) is 5.73 Å². The summed E-state index contributed by atoms with van der Waals surface area (Å²) in [7, 11) is 0. The van der Waals surface area contributed by atoms with Crippen LogP contribution in [0.2, 0.25) is 0 Å². The molecule has 0 aliphatic heterocycles. The van der Waals surface area contributed by atoms with Gasteiger partial charge in [0, 0.05) is 16.8 Å². The lowest BCUT2D eigenvalue weighted by atomic mass is 10.0. The molecule has 0 spiro atoms. The molecule has 1 aromatic heterocycles. The smallest absolute Gasteiger partial charge is 0.0116 e. The highest BCUT2D eigenvalue weighted by atomic mass is 35.5. The fraction of sp³-hybridized carbons (Fsp3) is 0.556. The van der Waals surface area contributed by atoms with Crippen LogP contribution in [-0.4, -0.2) is 6.04 Å². The zero-order chi connectivity index (χ0) is 7.68. The van der Waals surface area contributed by atoms with Crippen molar-refractivity contribution in [2.24, 2.45) is 5.73 Å². The second-order valence-corrected chi connectivity index (χ2v) is 4.20. The molecular formula is C9H14ClNS. The van der Waals surface area contributed by atoms with E-state index >= 15 is 0 Å². The maximum absolute atomic E-state index is 5.98. The van der Waals surface area contributed by atoms with E-state index in [-0.39, 0.29) is 12.4 Å². The van der Waals surface area contributed by atoms with Crippen LogP contribution in [0.3, 0.4) is 0 Å². The topological polar surface area (TPSA) is 26.0 Å². The van der Waals surface area contributed by atoms with Gasteiger partial charge in [-0.1, -0.05) is 12.5 Å². The molecule has 0 aromatic carbocycles. The third-order valence-electron chi connectivity index (χ3n) is 2.48. The lowest BCUT2D eigenvalue weighted by molar-refractivity contribution is 0.622. The van der Waals surface area contributed by atoms with Crippen molar-refractivity contribution >= 4 is 23.7 Å². The number of nitrogens with two attached hydrogens (primary N) is 1. The van der Waals surface area contributed by atoms with E-state index in [9.17, 15) is 0 Å². The van der Waals surface area contributed by atoms with Gasteiger partial charge in [0.2, 0.25) is 0 Å². The average Bonchev–Trinajstić information content (AvgIpc) is 2.55. The van der Waals surface area contributed by atoms with Gasteiger partial charge in [0.25, 0.3) is 0 Å². The molecule has 0 amide bonds. The van der Waals surface area contributed by atoms with Crippen LogP contribution in [-0.2, 0) is 0 Å². The van der Waals surface area contributed by atoms with Crippen molar-refractivity contribution in [3.8, 4) is 0 Å². The molecule has 2 rings (SSSR count). The molecule has 68 valence electrons. The highest BCUT2D eigenvalue weighted by Crippen LogP contribution is 2.35. The summed E-state index contributed by atoms with van der Waals surface area (Å²) in [6, 6.07) is 4.75. The van der Waals surface area contributed by atoms with Crippen molar-refractivity contribution in [3.63, 3.8) is 0 Å². The number of thiophene rings is 1. The van der Waals surface area contributed by atoms with Gasteiger partial charge in [-0.25, -0.2) is 0 Å². The van der Waals surface area contributed by atoms with Crippen molar-refractivity contribution < 1.29 is 0 Å². The summed E-state index contributed by atoms with van der Waals surface area (Å²) in [5.74, 6) is 0.662. The fourth-order valence-electron chi connectivity index (χ4n) is 1.84. The first-order valence-electron chi connectivity index (χ1n) is 4.17. The molecule has 1 saturated carbocycles. The summed E-state index contributed by atoms with van der Waals surface area (Å²) >= 11 is 1.84. The predicted octanol–water partition coefficient (Wildman–Crippen LogP) is 2.76. The highest BCUT2D eigenvalue weighted by Gasteiger charge is 2.25. The molecule has 1 aliphatic rings. The van der Waals surface area contributed by atoms with Gasteiger partial charge in [0.05, 0.1) is 0 Å². The van der Waals surface area contributed by atoms with Crippen molar-refractivity contribution in [2.45, 2.75) is 31.2 Å². The second-order valence-electron chi connectivity index (χ2n) is 3.22. The minimum Gasteiger partial charge on any atom is -0.327 e. The normalized spacial score (nSPS) is 28.4. The number of halogens is 1. The zero-order valence-electron chi connectivity index (χ0n) is 6.90. The summed E-state index contributed by atoms with van der Waals surface area (Å²) in [6.45, 7) is 0. The Kier molecular flexibility index (Phi) is 3.56. The maximum atomic E-state index is 5.98. The van der Waals surface area contributed by atoms with E-state index in [1.54, 1.807) is 0 Å². The van der Waals surface area contributed by atoms with Gasteiger partial charge in [0.15, 0.2) is 0 Å². The first kappa shape index (κ1) is 10.0. The summed E-state index contributed by atoms with van der Waals surface area (Å²) in [4.78, 5) is 1.48. The van der Waals surface area contributed by atoms with Gasteiger partial charge in [-0.05, 0) is 24.3 Å². The van der Waals surface area contributed by atoms with Crippen LogP contribution < -0.4 is 5.73 Å². The standard InChI is InChI=1S/C9H13NS.ClH/c10-8-4-1-3-7(8)9-5-2-6-11-9;/h2,5-8H,1,3-4,10H2;1H. The van der Waals surface area contributed by atoms with Crippen LogP contribution in [0, 0.1) is 0 Å². The summed E-state index contributed by atoms with van der Waals surface area (Å²) in [5, 5.41) is 2.14. The third kappa shape index (κ3) is 1.82. The first-order valence-corrected chi connectivity index (χ1v) is 5.05. The van der Waals surface area contributed by atoms with Crippen LogP contribution in [0.5, 0.6) is 0 Å². The van der Waals surface area contributed by atoms with Gasteiger partial charge >= 0.3 is 0 Å². The molecule has 12 heavy (non-hydrogen) atoms. The Hall–Kier alpha value is -0.0500. The van der Waals surface area contributed by atoms with Gasteiger partial charge < -0.3 is 5.73 Å². The molecule has 1 nitrogen and oxygen atoms in total. The Labute approximate surface area is 83.4 Å². The molecule has 1 fully saturated rings. The molecule has 1 aliphatic carbocycles. The first-order chi connectivity index (χ1) is 5.38. The van der Waals surface area contributed by atoms with Crippen molar-refractivity contribution in [1.82, 2.24) is 0 Å². The van der Waals surface area contributed by atoms with E-state index in [2.05, 4.69) is 17.5 Å². The van der Waals surface area contributed by atoms with Crippen LogP contribution in [0.1, 0.15) is 30.1 Å². The number of rotatable bonds is 1. The Morgan fingerprint density at radius 3 is 2.75 bits per heavy atom. The van der Waals surface area contributed by atoms with Crippen molar-refractivity contribution in [3.05, 3.63) is 22.4 Å². The molecule has 0 saturated heterocycles. The third-order valence-corrected chi connectivity index (χ3v) is 3.48. The van der Waals surface area contributed by atoms with Gasteiger partial charge in [0.1, 0.15) is 0 Å². The second kappa shape index (κ2) is 4.26. The molecule has 2 unspecified atom stereocenters. The predicted molar refractivity (Wildman–Crippen MR) is 56.1 cm³/mol. The summed E-state index contributed by atoms with van der Waals surface area (Å²) in [6.07, 6.45) is 3.81. The Balaban J connectivity index is 0.000000720. The number of hydrogen-bond acceptors (Lipinski definition) is 2. The van der Waals surface area contributed by atoms with Crippen LogP contribution in [0.15, 0.2) is 17.5 Å². The van der Waals surface area contributed by atoms with Gasteiger partial charge in [-0.3, -0.25) is 0 Å². The molecule has 1 heterocycles. The van der Waals surface area contributed by atoms with Crippen molar-refractivity contribution in [1.29, 1.82) is 0 Å². The van der Waals surface area contributed by atoms with E-state index in [1.165, 1.54) is 24.1 Å². The van der Waals surface area contributed by atoms with Crippen molar-refractivity contribution in [2.75, 3.05) is 0 Å². The summed E-state index contributed by atoms with van der Waals surface area (Å²) in [5.41, 5.74) is 5.98. The van der Waals surface area contributed by atoms with Crippen LogP contribution in [0.4, 0.5) is 0 Å². The van der Waals surface area contributed by atoms with Crippen LogP contribution >= 0.6 is 23.7 Å². The molecule has 0 bridgehead atoms. The van der Waals surface area contributed by atoms with E-state index in [0.717, 1.165) is 0 Å². The van der Waals surface area contributed by atoms with Gasteiger partial charge in [-0.2, -0.15) is 0 Å². The molecule has 2 atom stereocenters. The van der Waals surface area contributed by atoms with E-state index in [1.807, 2.05) is 11.3 Å². The quantitative estimate of drug-likeness (QED) is 0.747. The monoisotopic (exact) mass is 203 g/mol.